The summed E-state index contributed by atoms with van der Waals surface area (Å²) in [5.74, 6) is -0.994. The van der Waals surface area contributed by atoms with Crippen molar-refractivity contribution in [2.75, 3.05) is 7.05 Å². The highest BCUT2D eigenvalue weighted by atomic mass is 19.1. The maximum atomic E-state index is 13.3. The van der Waals surface area contributed by atoms with E-state index in [1.807, 2.05) is 0 Å². The lowest BCUT2D eigenvalue weighted by atomic mass is 10.1. The minimum absolute atomic E-state index is 0.183. The Balaban J connectivity index is 2.09. The summed E-state index contributed by atoms with van der Waals surface area (Å²) in [6, 6.07) is 8.92. The third-order valence-electron chi connectivity index (χ3n) is 3.72. The molecule has 0 unspecified atom stereocenters. The van der Waals surface area contributed by atoms with Crippen LogP contribution in [-0.2, 0) is 4.74 Å². The van der Waals surface area contributed by atoms with Crippen molar-refractivity contribution in [3.63, 3.8) is 0 Å². The van der Waals surface area contributed by atoms with E-state index in [1.54, 1.807) is 32.9 Å². The van der Waals surface area contributed by atoms with E-state index in [0.717, 1.165) is 4.90 Å². The number of hydrogen-bond donors (Lipinski definition) is 0. The first-order valence-electron chi connectivity index (χ1n) is 8.28. The van der Waals surface area contributed by atoms with Gasteiger partial charge in [0.05, 0.1) is 5.56 Å². The number of imide groups is 1. The van der Waals surface area contributed by atoms with E-state index < -0.39 is 23.4 Å². The van der Waals surface area contributed by atoms with E-state index in [9.17, 15) is 14.0 Å². The molecule has 0 fully saturated rings. The number of halogens is 1. The summed E-state index contributed by atoms with van der Waals surface area (Å²) < 4.78 is 19.8. The van der Waals surface area contributed by atoms with E-state index >= 15 is 0 Å². The quantitative estimate of drug-likeness (QED) is 0.690. The van der Waals surface area contributed by atoms with Crippen molar-refractivity contribution in [2.24, 2.45) is 0 Å². The fourth-order valence-electron chi connectivity index (χ4n) is 2.50. The van der Waals surface area contributed by atoms with E-state index in [-0.39, 0.29) is 5.56 Å². The largest absolute Gasteiger partial charge is 0.443 e. The zero-order valence-electron chi connectivity index (χ0n) is 15.4. The lowest BCUT2D eigenvalue weighted by Crippen LogP contribution is -2.38. The summed E-state index contributed by atoms with van der Waals surface area (Å²) >= 11 is 0. The first-order valence-corrected chi connectivity index (χ1v) is 8.28. The summed E-state index contributed by atoms with van der Waals surface area (Å²) in [5, 5.41) is 8.43. The van der Waals surface area contributed by atoms with Crippen molar-refractivity contribution in [1.29, 1.82) is 0 Å². The molecule has 0 aliphatic heterocycles. The molecule has 7 nitrogen and oxygen atoms in total. The maximum Gasteiger partial charge on any atom is 0.417 e. The minimum Gasteiger partial charge on any atom is -0.443 e. The van der Waals surface area contributed by atoms with Gasteiger partial charge in [-0.3, -0.25) is 4.79 Å². The molecule has 2 heterocycles. The standard InChI is InChI=1S/C19H19FN4O3/c1-19(2,3)27-18(26)23(4)17(25)15-14-6-5-11-21-24(14)22-16(15)12-7-9-13(20)10-8-12/h5-11H,1-4H3. The summed E-state index contributed by atoms with van der Waals surface area (Å²) in [6.45, 7) is 5.14. The molecule has 0 bridgehead atoms. The molecule has 0 saturated carbocycles. The number of fused-ring (bicyclic) bond motifs is 1. The second kappa shape index (κ2) is 6.79. The Morgan fingerprint density at radius 3 is 2.44 bits per heavy atom. The van der Waals surface area contributed by atoms with Gasteiger partial charge in [-0.05, 0) is 57.2 Å². The van der Waals surface area contributed by atoms with E-state index in [4.69, 9.17) is 4.74 Å². The highest BCUT2D eigenvalue weighted by Gasteiger charge is 2.30. The first kappa shape index (κ1) is 18.5. The van der Waals surface area contributed by atoms with Gasteiger partial charge in [-0.1, -0.05) is 0 Å². The molecule has 140 valence electrons. The van der Waals surface area contributed by atoms with Gasteiger partial charge >= 0.3 is 6.09 Å². The van der Waals surface area contributed by atoms with E-state index in [1.165, 1.54) is 42.1 Å². The third kappa shape index (κ3) is 3.79. The number of ether oxygens (including phenoxy) is 1. The lowest BCUT2D eigenvalue weighted by Gasteiger charge is -2.23. The Labute approximate surface area is 155 Å². The molecule has 8 heteroatoms. The first-order chi connectivity index (χ1) is 12.7. The lowest BCUT2D eigenvalue weighted by molar-refractivity contribution is 0.0285. The third-order valence-corrected chi connectivity index (χ3v) is 3.72. The highest BCUT2D eigenvalue weighted by Crippen LogP contribution is 2.27. The Hall–Kier alpha value is -3.29. The van der Waals surface area contributed by atoms with Crippen molar-refractivity contribution in [3.8, 4) is 11.3 Å². The van der Waals surface area contributed by atoms with Crippen LogP contribution in [0.5, 0.6) is 0 Å². The van der Waals surface area contributed by atoms with Crippen LogP contribution in [-0.4, -0.2) is 44.4 Å². The van der Waals surface area contributed by atoms with Crippen LogP contribution in [0.2, 0.25) is 0 Å². The summed E-state index contributed by atoms with van der Waals surface area (Å²) in [7, 11) is 1.34. The SMILES string of the molecule is CN(C(=O)OC(C)(C)C)C(=O)c1c(-c2ccc(F)cc2)nn2ncccc12. The average molecular weight is 370 g/mol. The van der Waals surface area contributed by atoms with Crippen LogP contribution in [0.1, 0.15) is 31.1 Å². The Morgan fingerprint density at radius 1 is 1.15 bits per heavy atom. The maximum absolute atomic E-state index is 13.3. The van der Waals surface area contributed by atoms with Crippen molar-refractivity contribution in [3.05, 3.63) is 54.0 Å². The highest BCUT2D eigenvalue weighted by molar-refractivity contribution is 6.11. The van der Waals surface area contributed by atoms with Crippen LogP contribution in [0.3, 0.4) is 0 Å². The molecule has 3 aromatic rings. The molecular weight excluding hydrogens is 351 g/mol. The smallest absolute Gasteiger partial charge is 0.417 e. The number of carbonyl (C=O) groups excluding carboxylic acids is 2. The summed E-state index contributed by atoms with van der Waals surface area (Å²) in [4.78, 5) is 26.3. The fourth-order valence-corrected chi connectivity index (χ4v) is 2.50. The zero-order chi connectivity index (χ0) is 19.8. The molecule has 0 radical (unpaired) electrons. The molecule has 0 atom stereocenters. The van der Waals surface area contributed by atoms with Crippen LogP contribution in [0, 0.1) is 5.82 Å². The molecular formula is C19H19FN4O3. The van der Waals surface area contributed by atoms with Gasteiger partial charge in [0.1, 0.15) is 22.6 Å². The predicted octanol–water partition coefficient (Wildman–Crippen LogP) is 3.54. The number of carbonyl (C=O) groups is 2. The Bertz CT molecular complexity index is 1010. The second-order valence-corrected chi connectivity index (χ2v) is 6.97. The average Bonchev–Trinajstić information content (AvgIpc) is 2.99. The molecule has 2 amide bonds. The Morgan fingerprint density at radius 2 is 1.81 bits per heavy atom. The van der Waals surface area contributed by atoms with Gasteiger partial charge in [0, 0.05) is 18.8 Å². The molecule has 0 spiro atoms. The van der Waals surface area contributed by atoms with Gasteiger partial charge in [0.2, 0.25) is 0 Å². The number of amides is 2. The number of hydrogen-bond acceptors (Lipinski definition) is 5. The van der Waals surface area contributed by atoms with Gasteiger partial charge in [-0.15, -0.1) is 5.10 Å². The number of nitrogens with zero attached hydrogens (tertiary/aromatic N) is 4. The fraction of sp³-hybridized carbons (Fsp3) is 0.263. The van der Waals surface area contributed by atoms with E-state index in [2.05, 4.69) is 10.2 Å². The number of aromatic nitrogens is 3. The summed E-state index contributed by atoms with van der Waals surface area (Å²) in [6.07, 6.45) is 0.751. The van der Waals surface area contributed by atoms with Gasteiger partial charge in [0.15, 0.2) is 0 Å². The van der Waals surface area contributed by atoms with Gasteiger partial charge in [0.25, 0.3) is 5.91 Å². The normalized spacial score (nSPS) is 11.4. The molecule has 27 heavy (non-hydrogen) atoms. The zero-order valence-corrected chi connectivity index (χ0v) is 15.4. The van der Waals surface area contributed by atoms with Gasteiger partial charge in [-0.2, -0.15) is 9.73 Å². The van der Waals surface area contributed by atoms with Crippen molar-refractivity contribution in [2.45, 2.75) is 26.4 Å². The molecule has 3 rings (SSSR count). The molecule has 0 aliphatic rings. The van der Waals surface area contributed by atoms with Crippen molar-refractivity contribution >= 4 is 17.5 Å². The molecule has 1 aromatic carbocycles. The Kier molecular flexibility index (Phi) is 4.65. The summed E-state index contributed by atoms with van der Waals surface area (Å²) in [5.41, 5.74) is 0.700. The van der Waals surface area contributed by atoms with Crippen molar-refractivity contribution < 1.29 is 18.7 Å². The van der Waals surface area contributed by atoms with Crippen molar-refractivity contribution in [1.82, 2.24) is 19.7 Å². The monoisotopic (exact) mass is 370 g/mol. The van der Waals surface area contributed by atoms with Crippen LogP contribution < -0.4 is 0 Å². The second-order valence-electron chi connectivity index (χ2n) is 6.97. The molecule has 0 N–H and O–H groups in total. The number of benzene rings is 1. The molecule has 0 aliphatic carbocycles. The van der Waals surface area contributed by atoms with Crippen LogP contribution in [0.4, 0.5) is 9.18 Å². The number of rotatable bonds is 2. The van der Waals surface area contributed by atoms with Gasteiger partial charge in [-0.25, -0.2) is 14.1 Å². The predicted molar refractivity (Wildman–Crippen MR) is 96.7 cm³/mol. The van der Waals surface area contributed by atoms with Crippen LogP contribution in [0.25, 0.3) is 16.8 Å². The van der Waals surface area contributed by atoms with Crippen LogP contribution >= 0.6 is 0 Å². The molecule has 2 aromatic heterocycles. The molecule has 0 saturated heterocycles. The van der Waals surface area contributed by atoms with Crippen LogP contribution in [0.15, 0.2) is 42.6 Å². The van der Waals surface area contributed by atoms with Gasteiger partial charge < -0.3 is 4.74 Å². The topological polar surface area (TPSA) is 76.8 Å². The minimum atomic E-state index is -0.777. The van der Waals surface area contributed by atoms with E-state index in [0.29, 0.717) is 16.8 Å².